The first-order valence-corrected chi connectivity index (χ1v) is 8.28. The predicted octanol–water partition coefficient (Wildman–Crippen LogP) is 3.94. The molecule has 2 atom stereocenters. The van der Waals surface area contributed by atoms with Crippen LogP contribution in [0.2, 0.25) is 0 Å². The minimum Gasteiger partial charge on any atom is -0.377 e. The lowest BCUT2D eigenvalue weighted by molar-refractivity contribution is -0.0160. The fourth-order valence-corrected chi connectivity index (χ4v) is 3.52. The quantitative estimate of drug-likeness (QED) is 0.822. The molecule has 1 fully saturated rings. The van der Waals surface area contributed by atoms with Crippen LogP contribution in [0.4, 0.5) is 4.39 Å². The van der Waals surface area contributed by atoms with E-state index in [0.717, 1.165) is 12.2 Å². The molecule has 21 heavy (non-hydrogen) atoms. The van der Waals surface area contributed by atoms with E-state index in [1.807, 2.05) is 26.1 Å². The van der Waals surface area contributed by atoms with Crippen molar-refractivity contribution in [3.05, 3.63) is 35.6 Å². The van der Waals surface area contributed by atoms with Gasteiger partial charge >= 0.3 is 0 Å². The van der Waals surface area contributed by atoms with Crippen molar-refractivity contribution < 1.29 is 9.13 Å². The Morgan fingerprint density at radius 2 is 1.95 bits per heavy atom. The zero-order valence-electron chi connectivity index (χ0n) is 13.3. The number of ether oxygens (including phenoxy) is 1. The van der Waals surface area contributed by atoms with Gasteiger partial charge in [0.25, 0.3) is 0 Å². The minimum atomic E-state index is -0.114. The third kappa shape index (κ3) is 4.52. The highest BCUT2D eigenvalue weighted by Gasteiger charge is 2.30. The molecular formula is C18H28FNO. The maximum Gasteiger partial charge on any atom is 0.126 e. The van der Waals surface area contributed by atoms with Crippen molar-refractivity contribution in [1.82, 2.24) is 5.32 Å². The van der Waals surface area contributed by atoms with Crippen molar-refractivity contribution in [2.24, 2.45) is 5.92 Å². The molecule has 2 nitrogen and oxygen atoms in total. The van der Waals surface area contributed by atoms with Crippen LogP contribution in [0.25, 0.3) is 0 Å². The highest BCUT2D eigenvalue weighted by Crippen LogP contribution is 2.30. The number of halogens is 1. The largest absolute Gasteiger partial charge is 0.377 e. The number of hydrogen-bond donors (Lipinski definition) is 1. The van der Waals surface area contributed by atoms with Gasteiger partial charge < -0.3 is 10.1 Å². The summed E-state index contributed by atoms with van der Waals surface area (Å²) < 4.78 is 20.0. The first-order chi connectivity index (χ1) is 10.3. The number of likely N-dealkylation sites (N-methyl/N-ethyl adjacent to an activating group) is 1. The van der Waals surface area contributed by atoms with Crippen molar-refractivity contribution in [1.29, 1.82) is 0 Å². The van der Waals surface area contributed by atoms with Gasteiger partial charge in [0, 0.05) is 12.6 Å². The Hall–Kier alpha value is -0.930. The molecule has 0 aliphatic heterocycles. The molecule has 0 amide bonds. The van der Waals surface area contributed by atoms with E-state index in [4.69, 9.17) is 4.74 Å². The molecule has 1 aromatic rings. The third-order valence-corrected chi connectivity index (χ3v) is 4.64. The second-order valence-electron chi connectivity index (χ2n) is 6.01. The van der Waals surface area contributed by atoms with Crippen LogP contribution in [0.5, 0.6) is 0 Å². The van der Waals surface area contributed by atoms with Gasteiger partial charge in [0.2, 0.25) is 0 Å². The smallest absolute Gasteiger partial charge is 0.126 e. The molecule has 0 aromatic heterocycles. The molecule has 1 aromatic carbocycles. The van der Waals surface area contributed by atoms with Gasteiger partial charge in [-0.2, -0.15) is 0 Å². The SMILES string of the molecule is CCOC(C1CCCCC1)C(Cc1ccccc1F)NC. The molecule has 0 bridgehead atoms. The fraction of sp³-hybridized carbons (Fsp3) is 0.667. The standard InChI is InChI=1S/C18H28FNO/c1-3-21-18(14-9-5-4-6-10-14)17(20-2)13-15-11-7-8-12-16(15)19/h7-8,11-12,14,17-18,20H,3-6,9-10,13H2,1-2H3. The third-order valence-electron chi connectivity index (χ3n) is 4.64. The van der Waals surface area contributed by atoms with Crippen LogP contribution in [0.1, 0.15) is 44.6 Å². The number of hydrogen-bond acceptors (Lipinski definition) is 2. The summed E-state index contributed by atoms with van der Waals surface area (Å²) >= 11 is 0. The van der Waals surface area contributed by atoms with E-state index in [1.54, 1.807) is 12.1 Å². The van der Waals surface area contributed by atoms with Crippen LogP contribution >= 0.6 is 0 Å². The van der Waals surface area contributed by atoms with Gasteiger partial charge in [0.15, 0.2) is 0 Å². The average Bonchev–Trinajstić information content (AvgIpc) is 2.53. The number of rotatable bonds is 7. The first-order valence-electron chi connectivity index (χ1n) is 8.28. The van der Waals surface area contributed by atoms with E-state index in [9.17, 15) is 4.39 Å². The monoisotopic (exact) mass is 293 g/mol. The molecule has 1 N–H and O–H groups in total. The Balaban J connectivity index is 2.09. The lowest BCUT2D eigenvalue weighted by Gasteiger charge is -2.35. The normalized spacial score (nSPS) is 19.4. The van der Waals surface area contributed by atoms with Gasteiger partial charge in [-0.15, -0.1) is 0 Å². The van der Waals surface area contributed by atoms with E-state index in [1.165, 1.54) is 32.1 Å². The van der Waals surface area contributed by atoms with Crippen molar-refractivity contribution in [3.63, 3.8) is 0 Å². The van der Waals surface area contributed by atoms with Crippen molar-refractivity contribution >= 4 is 0 Å². The highest BCUT2D eigenvalue weighted by molar-refractivity contribution is 5.19. The summed E-state index contributed by atoms with van der Waals surface area (Å²) in [6.45, 7) is 2.77. The molecule has 0 heterocycles. The summed E-state index contributed by atoms with van der Waals surface area (Å²) in [7, 11) is 1.96. The first kappa shape index (κ1) is 16.4. The maximum atomic E-state index is 13.9. The predicted molar refractivity (Wildman–Crippen MR) is 84.9 cm³/mol. The van der Waals surface area contributed by atoms with Gasteiger partial charge in [-0.05, 0) is 50.8 Å². The second kappa shape index (κ2) is 8.50. The molecule has 3 heteroatoms. The molecule has 118 valence electrons. The molecule has 0 saturated heterocycles. The van der Waals surface area contributed by atoms with Gasteiger partial charge in [-0.3, -0.25) is 0 Å². The van der Waals surface area contributed by atoms with E-state index >= 15 is 0 Å². The Morgan fingerprint density at radius 3 is 2.57 bits per heavy atom. The van der Waals surface area contributed by atoms with E-state index in [-0.39, 0.29) is 18.0 Å². The van der Waals surface area contributed by atoms with E-state index in [2.05, 4.69) is 5.32 Å². The van der Waals surface area contributed by atoms with Crippen molar-refractivity contribution in [2.75, 3.05) is 13.7 Å². The van der Waals surface area contributed by atoms with Gasteiger partial charge in [-0.25, -0.2) is 4.39 Å². The molecule has 1 saturated carbocycles. The molecular weight excluding hydrogens is 265 g/mol. The van der Waals surface area contributed by atoms with Crippen LogP contribution in [-0.4, -0.2) is 25.8 Å². The van der Waals surface area contributed by atoms with Gasteiger partial charge in [0.05, 0.1) is 6.10 Å². The Bertz CT molecular complexity index is 417. The molecule has 0 radical (unpaired) electrons. The summed E-state index contributed by atoms with van der Waals surface area (Å²) in [6.07, 6.45) is 7.27. The van der Waals surface area contributed by atoms with Crippen LogP contribution < -0.4 is 5.32 Å². The van der Waals surface area contributed by atoms with Crippen molar-refractivity contribution in [2.45, 2.75) is 57.6 Å². The average molecular weight is 293 g/mol. The minimum absolute atomic E-state index is 0.114. The summed E-state index contributed by atoms with van der Waals surface area (Å²) in [4.78, 5) is 0. The molecule has 0 spiro atoms. The van der Waals surface area contributed by atoms with Crippen LogP contribution in [-0.2, 0) is 11.2 Å². The van der Waals surface area contributed by atoms with Crippen LogP contribution in [0.15, 0.2) is 24.3 Å². The lowest BCUT2D eigenvalue weighted by atomic mass is 9.81. The van der Waals surface area contributed by atoms with E-state index < -0.39 is 0 Å². The van der Waals surface area contributed by atoms with Gasteiger partial charge in [0.1, 0.15) is 5.82 Å². The lowest BCUT2D eigenvalue weighted by Crippen LogP contribution is -2.46. The topological polar surface area (TPSA) is 21.3 Å². The Morgan fingerprint density at radius 1 is 1.24 bits per heavy atom. The van der Waals surface area contributed by atoms with Crippen LogP contribution in [0.3, 0.4) is 0 Å². The second-order valence-corrected chi connectivity index (χ2v) is 6.01. The van der Waals surface area contributed by atoms with Crippen LogP contribution in [0, 0.1) is 11.7 Å². The maximum absolute atomic E-state index is 13.9. The Kier molecular flexibility index (Phi) is 6.65. The van der Waals surface area contributed by atoms with Gasteiger partial charge in [-0.1, -0.05) is 37.5 Å². The summed E-state index contributed by atoms with van der Waals surface area (Å²) in [5, 5.41) is 3.37. The molecule has 1 aliphatic carbocycles. The zero-order chi connectivity index (χ0) is 15.1. The molecule has 2 unspecified atom stereocenters. The zero-order valence-corrected chi connectivity index (χ0v) is 13.3. The highest BCUT2D eigenvalue weighted by atomic mass is 19.1. The summed E-state index contributed by atoms with van der Waals surface area (Å²) in [5.74, 6) is 0.486. The van der Waals surface area contributed by atoms with E-state index in [0.29, 0.717) is 12.3 Å². The summed E-state index contributed by atoms with van der Waals surface area (Å²) in [5.41, 5.74) is 0.775. The fourth-order valence-electron chi connectivity index (χ4n) is 3.52. The molecule has 1 aliphatic rings. The number of benzene rings is 1. The number of nitrogens with one attached hydrogen (secondary N) is 1. The molecule has 2 rings (SSSR count). The van der Waals surface area contributed by atoms with Crippen molar-refractivity contribution in [3.8, 4) is 0 Å². The Labute approximate surface area is 128 Å². The summed E-state index contributed by atoms with van der Waals surface area (Å²) in [6, 6.07) is 7.24.